The minimum Gasteiger partial charge on any atom is -0.394 e. The predicted octanol–water partition coefficient (Wildman–Crippen LogP) is 26.7. The van der Waals surface area contributed by atoms with Crippen LogP contribution in [0.5, 0.6) is 0 Å². The van der Waals surface area contributed by atoms with Crippen LogP contribution in [-0.2, 0) is 4.79 Å². The summed E-state index contributed by atoms with van der Waals surface area (Å²) in [6.45, 7) is 4.37. The number of rotatable bonds is 74. The Labute approximate surface area is 517 Å². The molecule has 0 spiro atoms. The highest BCUT2D eigenvalue weighted by molar-refractivity contribution is 5.76. The van der Waals surface area contributed by atoms with Gasteiger partial charge >= 0.3 is 0 Å². The Kier molecular flexibility index (Phi) is 73.6. The summed E-state index contributed by atoms with van der Waals surface area (Å²) in [5.41, 5.74) is 0. The second kappa shape index (κ2) is 74.4. The lowest BCUT2D eigenvalue weighted by Crippen LogP contribution is -2.45. The van der Waals surface area contributed by atoms with E-state index in [0.29, 0.717) is 6.42 Å². The first-order valence-electron chi connectivity index (χ1n) is 38.9. The zero-order chi connectivity index (χ0) is 59.1. The lowest BCUT2D eigenvalue weighted by molar-refractivity contribution is -0.123. The van der Waals surface area contributed by atoms with E-state index >= 15 is 0 Å². The minimum absolute atomic E-state index is 0.0519. The van der Waals surface area contributed by atoms with Gasteiger partial charge in [-0.1, -0.05) is 450 Å². The molecule has 4 heteroatoms. The number of allylic oxidation sites excluding steroid dienone is 1. The van der Waals surface area contributed by atoms with E-state index in [2.05, 4.69) is 19.2 Å². The molecule has 0 saturated heterocycles. The molecule has 2 unspecified atom stereocenters. The van der Waals surface area contributed by atoms with Crippen LogP contribution in [0.25, 0.3) is 0 Å². The van der Waals surface area contributed by atoms with Crippen LogP contribution in [0.4, 0.5) is 0 Å². The minimum atomic E-state index is -0.838. The van der Waals surface area contributed by atoms with Crippen molar-refractivity contribution in [1.29, 1.82) is 0 Å². The summed E-state index contributed by atoms with van der Waals surface area (Å²) in [5.74, 6) is -0.0519. The molecular formula is C78H155NO3. The molecule has 0 aliphatic heterocycles. The number of unbranched alkanes of at least 4 members (excludes halogenated alkanes) is 67. The van der Waals surface area contributed by atoms with Crippen LogP contribution in [0.3, 0.4) is 0 Å². The van der Waals surface area contributed by atoms with Crippen LogP contribution in [0, 0.1) is 0 Å². The van der Waals surface area contributed by atoms with E-state index in [9.17, 15) is 15.0 Å². The topological polar surface area (TPSA) is 69.6 Å². The standard InChI is InChI=1S/C78H155NO3/c1-3-5-7-9-11-13-15-17-19-21-23-25-27-29-31-33-35-36-37-38-39-40-41-42-43-44-46-48-50-52-54-56-58-60-62-64-66-68-70-72-74-78(82)79-76(75-80)77(81)73-71-69-67-65-63-61-59-57-55-53-51-49-47-45-34-32-30-28-26-24-22-20-18-16-14-12-10-8-6-4-2/h71,73,76-77,80-81H,3-70,72,74-75H2,1-2H3,(H,79,82)/b73-71+. The maximum atomic E-state index is 12.6. The maximum Gasteiger partial charge on any atom is 0.220 e. The molecule has 0 heterocycles. The van der Waals surface area contributed by atoms with Gasteiger partial charge in [0.15, 0.2) is 0 Å². The highest BCUT2D eigenvalue weighted by Crippen LogP contribution is 2.21. The first kappa shape index (κ1) is 81.1. The van der Waals surface area contributed by atoms with E-state index in [1.54, 1.807) is 6.08 Å². The molecule has 0 saturated carbocycles. The molecular weight excluding hydrogens is 999 g/mol. The van der Waals surface area contributed by atoms with Gasteiger partial charge in [-0.05, 0) is 19.3 Å². The summed E-state index contributed by atoms with van der Waals surface area (Å²) in [4.78, 5) is 12.6. The second-order valence-electron chi connectivity index (χ2n) is 27.1. The van der Waals surface area contributed by atoms with Gasteiger partial charge in [0.1, 0.15) is 0 Å². The molecule has 2 atom stereocenters. The van der Waals surface area contributed by atoms with Crippen LogP contribution < -0.4 is 5.32 Å². The fourth-order valence-corrected chi connectivity index (χ4v) is 12.9. The molecule has 0 aromatic rings. The molecule has 4 nitrogen and oxygen atoms in total. The predicted molar refractivity (Wildman–Crippen MR) is 369 cm³/mol. The molecule has 0 aliphatic rings. The van der Waals surface area contributed by atoms with Crippen molar-refractivity contribution in [3.05, 3.63) is 12.2 Å². The summed E-state index contributed by atoms with van der Waals surface area (Å²) >= 11 is 0. The molecule has 490 valence electrons. The van der Waals surface area contributed by atoms with Gasteiger partial charge in [0.25, 0.3) is 0 Å². The third kappa shape index (κ3) is 69.9. The molecule has 0 rings (SSSR count). The van der Waals surface area contributed by atoms with Gasteiger partial charge in [-0.2, -0.15) is 0 Å². The summed E-state index contributed by atoms with van der Waals surface area (Å²) in [5, 5.41) is 23.3. The third-order valence-electron chi connectivity index (χ3n) is 18.8. The Bertz CT molecular complexity index is 1170. The highest BCUT2D eigenvalue weighted by atomic mass is 16.3. The molecule has 0 bridgehead atoms. The third-order valence-corrected chi connectivity index (χ3v) is 18.8. The Hall–Kier alpha value is -0.870. The Morgan fingerprint density at radius 2 is 0.451 bits per heavy atom. The number of nitrogens with one attached hydrogen (secondary N) is 1. The van der Waals surface area contributed by atoms with E-state index in [4.69, 9.17) is 0 Å². The molecule has 0 aromatic carbocycles. The fourth-order valence-electron chi connectivity index (χ4n) is 12.9. The summed E-state index contributed by atoms with van der Waals surface area (Å²) in [6, 6.07) is -0.620. The van der Waals surface area contributed by atoms with Crippen LogP contribution in [0.1, 0.15) is 463 Å². The van der Waals surface area contributed by atoms with Crippen molar-refractivity contribution in [1.82, 2.24) is 5.32 Å². The molecule has 3 N–H and O–H groups in total. The smallest absolute Gasteiger partial charge is 0.220 e. The van der Waals surface area contributed by atoms with E-state index in [0.717, 1.165) is 25.7 Å². The van der Waals surface area contributed by atoms with E-state index < -0.39 is 12.1 Å². The average Bonchev–Trinajstić information content (AvgIpc) is 3.50. The van der Waals surface area contributed by atoms with Gasteiger partial charge in [0.05, 0.1) is 18.8 Å². The van der Waals surface area contributed by atoms with Gasteiger partial charge in [0.2, 0.25) is 5.91 Å². The van der Waals surface area contributed by atoms with Gasteiger partial charge in [-0.25, -0.2) is 0 Å². The Morgan fingerprint density at radius 3 is 0.634 bits per heavy atom. The maximum absolute atomic E-state index is 12.6. The largest absolute Gasteiger partial charge is 0.394 e. The highest BCUT2D eigenvalue weighted by Gasteiger charge is 2.18. The number of hydrogen-bond acceptors (Lipinski definition) is 3. The Balaban J connectivity index is 3.36. The van der Waals surface area contributed by atoms with Gasteiger partial charge in [-0.3, -0.25) is 4.79 Å². The molecule has 0 aromatic heterocycles. The molecule has 82 heavy (non-hydrogen) atoms. The van der Waals surface area contributed by atoms with Crippen molar-refractivity contribution in [3.63, 3.8) is 0 Å². The first-order valence-corrected chi connectivity index (χ1v) is 38.9. The van der Waals surface area contributed by atoms with E-state index in [1.807, 2.05) is 6.08 Å². The lowest BCUT2D eigenvalue weighted by Gasteiger charge is -2.20. The average molecular weight is 1160 g/mol. The van der Waals surface area contributed by atoms with Crippen molar-refractivity contribution in [2.45, 2.75) is 475 Å². The van der Waals surface area contributed by atoms with Gasteiger partial charge in [-0.15, -0.1) is 0 Å². The number of aliphatic hydroxyl groups is 2. The molecule has 1 amide bonds. The van der Waals surface area contributed by atoms with E-state index in [-0.39, 0.29) is 12.5 Å². The first-order chi connectivity index (χ1) is 40.7. The SMILES string of the molecule is CCCCCCCCCCCCCCCCCCCCCCCCCCCCCC/C=C/C(O)C(CO)NC(=O)CCCCCCCCCCCCCCCCCCCCCCCCCCCCCCCCCCCCCCCCCC. The van der Waals surface area contributed by atoms with Crippen LogP contribution in [-0.4, -0.2) is 34.9 Å². The van der Waals surface area contributed by atoms with Gasteiger partial charge < -0.3 is 15.5 Å². The van der Waals surface area contributed by atoms with Crippen molar-refractivity contribution < 1.29 is 15.0 Å². The summed E-state index contributed by atoms with van der Waals surface area (Å²) in [6.07, 6.45) is 101. The zero-order valence-electron chi connectivity index (χ0n) is 56.8. The number of carbonyl (C=O) groups is 1. The molecule has 0 aliphatic carbocycles. The van der Waals surface area contributed by atoms with Crippen molar-refractivity contribution >= 4 is 5.91 Å². The van der Waals surface area contributed by atoms with Crippen molar-refractivity contribution in [3.8, 4) is 0 Å². The quantitative estimate of drug-likeness (QED) is 0.0420. The zero-order valence-corrected chi connectivity index (χ0v) is 56.8. The van der Waals surface area contributed by atoms with Gasteiger partial charge in [0, 0.05) is 6.42 Å². The number of hydrogen-bond donors (Lipinski definition) is 3. The lowest BCUT2D eigenvalue weighted by atomic mass is 10.0. The summed E-state index contributed by atoms with van der Waals surface area (Å²) < 4.78 is 0. The fraction of sp³-hybridized carbons (Fsp3) is 0.962. The van der Waals surface area contributed by atoms with Crippen molar-refractivity contribution in [2.24, 2.45) is 0 Å². The number of aliphatic hydroxyl groups excluding tert-OH is 2. The van der Waals surface area contributed by atoms with Crippen LogP contribution >= 0.6 is 0 Å². The van der Waals surface area contributed by atoms with Crippen molar-refractivity contribution in [2.75, 3.05) is 6.61 Å². The Morgan fingerprint density at radius 1 is 0.280 bits per heavy atom. The van der Waals surface area contributed by atoms with Crippen LogP contribution in [0.2, 0.25) is 0 Å². The number of amides is 1. The van der Waals surface area contributed by atoms with Crippen LogP contribution in [0.15, 0.2) is 12.2 Å². The summed E-state index contributed by atoms with van der Waals surface area (Å²) in [7, 11) is 0. The van der Waals surface area contributed by atoms with E-state index in [1.165, 1.54) is 417 Å². The number of carbonyl (C=O) groups excluding carboxylic acids is 1. The molecule has 0 fully saturated rings. The molecule has 0 radical (unpaired) electrons. The normalized spacial score (nSPS) is 12.6. The second-order valence-corrected chi connectivity index (χ2v) is 27.1. The monoisotopic (exact) mass is 1150 g/mol.